The molecule has 2 rings (SSSR count). The number of benzene rings is 2. The molecule has 5 heteroatoms. The number of halogens is 2. The van der Waals surface area contributed by atoms with Crippen molar-refractivity contribution in [3.05, 3.63) is 69.7 Å². The summed E-state index contributed by atoms with van der Waals surface area (Å²) in [5.74, 6) is 0. The molecule has 0 radical (unpaired) electrons. The van der Waals surface area contributed by atoms with E-state index in [-0.39, 0.29) is 12.6 Å². The van der Waals surface area contributed by atoms with Crippen molar-refractivity contribution in [2.45, 2.75) is 12.1 Å². The molecule has 0 amide bonds. The SMILES string of the molecule is OCCN[C@H](c1ccc(Cl)cc1)[C@@H](O)c1ccc(Cl)cc1. The van der Waals surface area contributed by atoms with Gasteiger partial charge in [-0.25, -0.2) is 0 Å². The minimum Gasteiger partial charge on any atom is -0.395 e. The van der Waals surface area contributed by atoms with Gasteiger partial charge in [0, 0.05) is 16.6 Å². The van der Waals surface area contributed by atoms with Gasteiger partial charge in [0.15, 0.2) is 0 Å². The lowest BCUT2D eigenvalue weighted by molar-refractivity contribution is 0.124. The van der Waals surface area contributed by atoms with Gasteiger partial charge in [-0.2, -0.15) is 0 Å². The number of aliphatic hydroxyl groups excluding tert-OH is 2. The summed E-state index contributed by atoms with van der Waals surface area (Å²) in [4.78, 5) is 0. The van der Waals surface area contributed by atoms with E-state index in [2.05, 4.69) is 5.32 Å². The summed E-state index contributed by atoms with van der Waals surface area (Å²) in [6.45, 7) is 0.384. The molecule has 0 unspecified atom stereocenters. The van der Waals surface area contributed by atoms with Crippen LogP contribution in [-0.2, 0) is 0 Å². The Bertz CT molecular complexity index is 557. The Morgan fingerprint density at radius 2 is 1.33 bits per heavy atom. The molecule has 0 spiro atoms. The molecule has 2 atom stereocenters. The van der Waals surface area contributed by atoms with E-state index in [9.17, 15) is 5.11 Å². The zero-order valence-corrected chi connectivity index (χ0v) is 12.8. The third kappa shape index (κ3) is 4.43. The Kier molecular flexibility index (Phi) is 6.03. The van der Waals surface area contributed by atoms with Crippen LogP contribution in [0.25, 0.3) is 0 Å². The van der Waals surface area contributed by atoms with Crippen molar-refractivity contribution < 1.29 is 10.2 Å². The maximum atomic E-state index is 10.6. The van der Waals surface area contributed by atoms with E-state index in [1.807, 2.05) is 12.1 Å². The van der Waals surface area contributed by atoms with Crippen LogP contribution >= 0.6 is 23.2 Å². The fourth-order valence-corrected chi connectivity index (χ4v) is 2.41. The van der Waals surface area contributed by atoms with E-state index in [0.717, 1.165) is 11.1 Å². The van der Waals surface area contributed by atoms with Crippen molar-refractivity contribution >= 4 is 23.2 Å². The molecular formula is C16H17Cl2NO2. The highest BCUT2D eigenvalue weighted by molar-refractivity contribution is 6.30. The van der Waals surface area contributed by atoms with Crippen LogP contribution in [0.1, 0.15) is 23.3 Å². The van der Waals surface area contributed by atoms with Crippen LogP contribution in [0.2, 0.25) is 10.0 Å². The zero-order chi connectivity index (χ0) is 15.2. The second-order valence-corrected chi connectivity index (χ2v) is 5.58. The first-order chi connectivity index (χ1) is 10.1. The van der Waals surface area contributed by atoms with Crippen LogP contribution in [0.15, 0.2) is 48.5 Å². The van der Waals surface area contributed by atoms with E-state index in [1.165, 1.54) is 0 Å². The van der Waals surface area contributed by atoms with Crippen LogP contribution in [0.4, 0.5) is 0 Å². The van der Waals surface area contributed by atoms with Crippen molar-refractivity contribution in [2.75, 3.05) is 13.2 Å². The summed E-state index contributed by atoms with van der Waals surface area (Å²) in [6, 6.07) is 14.0. The molecule has 0 aliphatic rings. The van der Waals surface area contributed by atoms with E-state index in [1.54, 1.807) is 36.4 Å². The standard InChI is InChI=1S/C16H17Cl2NO2/c17-13-5-1-11(2-6-13)15(19-9-10-20)16(21)12-3-7-14(18)8-4-12/h1-8,15-16,19-21H,9-10H2/t15-,16+/m1/s1. The van der Waals surface area contributed by atoms with Gasteiger partial charge in [0.05, 0.1) is 18.8 Å². The highest BCUT2D eigenvalue weighted by Crippen LogP contribution is 2.30. The van der Waals surface area contributed by atoms with Gasteiger partial charge < -0.3 is 15.5 Å². The molecule has 0 saturated carbocycles. The molecule has 0 aromatic heterocycles. The van der Waals surface area contributed by atoms with Gasteiger partial charge in [0.2, 0.25) is 0 Å². The van der Waals surface area contributed by atoms with Gasteiger partial charge in [0.1, 0.15) is 0 Å². The lowest BCUT2D eigenvalue weighted by atomic mass is 9.96. The van der Waals surface area contributed by atoms with Gasteiger partial charge in [-0.15, -0.1) is 0 Å². The van der Waals surface area contributed by atoms with Crippen molar-refractivity contribution in [3.63, 3.8) is 0 Å². The van der Waals surface area contributed by atoms with E-state index in [4.69, 9.17) is 28.3 Å². The van der Waals surface area contributed by atoms with Crippen molar-refractivity contribution in [1.82, 2.24) is 5.32 Å². The third-order valence-electron chi connectivity index (χ3n) is 3.23. The minimum atomic E-state index is -0.755. The molecule has 2 aromatic rings. The lowest BCUT2D eigenvalue weighted by Crippen LogP contribution is -2.29. The summed E-state index contributed by atoms with van der Waals surface area (Å²) < 4.78 is 0. The predicted molar refractivity (Wildman–Crippen MR) is 85.7 cm³/mol. The molecule has 21 heavy (non-hydrogen) atoms. The molecule has 3 nitrogen and oxygen atoms in total. The van der Waals surface area contributed by atoms with Gasteiger partial charge in [-0.3, -0.25) is 0 Å². The normalized spacial score (nSPS) is 13.9. The lowest BCUT2D eigenvalue weighted by Gasteiger charge is -2.25. The van der Waals surface area contributed by atoms with Crippen LogP contribution < -0.4 is 5.32 Å². The quantitative estimate of drug-likeness (QED) is 0.763. The topological polar surface area (TPSA) is 52.5 Å². The Balaban J connectivity index is 2.26. The van der Waals surface area contributed by atoms with E-state index in [0.29, 0.717) is 16.6 Å². The van der Waals surface area contributed by atoms with Gasteiger partial charge in [-0.1, -0.05) is 47.5 Å². The zero-order valence-electron chi connectivity index (χ0n) is 11.3. The Morgan fingerprint density at radius 3 is 1.81 bits per heavy atom. The fourth-order valence-electron chi connectivity index (χ4n) is 2.15. The number of hydrogen-bond acceptors (Lipinski definition) is 3. The van der Waals surface area contributed by atoms with E-state index < -0.39 is 6.10 Å². The molecule has 0 aliphatic carbocycles. The van der Waals surface area contributed by atoms with Crippen molar-refractivity contribution in [1.29, 1.82) is 0 Å². The molecule has 2 aromatic carbocycles. The first-order valence-corrected chi connectivity index (χ1v) is 7.40. The van der Waals surface area contributed by atoms with Crippen LogP contribution in [0.5, 0.6) is 0 Å². The summed E-state index contributed by atoms with van der Waals surface area (Å²) in [5.41, 5.74) is 1.65. The third-order valence-corrected chi connectivity index (χ3v) is 3.74. The smallest absolute Gasteiger partial charge is 0.0984 e. The largest absolute Gasteiger partial charge is 0.395 e. The predicted octanol–water partition coefficient (Wildman–Crippen LogP) is 3.35. The summed E-state index contributed by atoms with van der Waals surface area (Å²) in [7, 11) is 0. The first-order valence-electron chi connectivity index (χ1n) is 6.65. The number of aliphatic hydroxyl groups is 2. The summed E-state index contributed by atoms with van der Waals surface area (Å²) in [5, 5.41) is 24.0. The monoisotopic (exact) mass is 325 g/mol. The molecule has 0 aliphatic heterocycles. The molecule has 0 fully saturated rings. The van der Waals surface area contributed by atoms with Crippen LogP contribution in [0.3, 0.4) is 0 Å². The molecule has 3 N–H and O–H groups in total. The van der Waals surface area contributed by atoms with Gasteiger partial charge in [0.25, 0.3) is 0 Å². The number of nitrogens with one attached hydrogen (secondary N) is 1. The first kappa shape index (κ1) is 16.3. The Hall–Kier alpha value is -1.10. The maximum absolute atomic E-state index is 10.6. The average molecular weight is 326 g/mol. The average Bonchev–Trinajstić information content (AvgIpc) is 2.50. The minimum absolute atomic E-state index is 0.00255. The van der Waals surface area contributed by atoms with Crippen LogP contribution in [-0.4, -0.2) is 23.4 Å². The Labute approximate surface area is 134 Å². The molecule has 0 saturated heterocycles. The molecule has 0 heterocycles. The second-order valence-electron chi connectivity index (χ2n) is 4.70. The fraction of sp³-hybridized carbons (Fsp3) is 0.250. The number of hydrogen-bond donors (Lipinski definition) is 3. The number of rotatable bonds is 6. The molecule has 112 valence electrons. The van der Waals surface area contributed by atoms with Crippen molar-refractivity contribution in [2.24, 2.45) is 0 Å². The summed E-state index contributed by atoms with van der Waals surface area (Å²) >= 11 is 11.8. The maximum Gasteiger partial charge on any atom is 0.0984 e. The summed E-state index contributed by atoms with van der Waals surface area (Å²) in [6.07, 6.45) is -0.755. The second kappa shape index (κ2) is 7.78. The van der Waals surface area contributed by atoms with Gasteiger partial charge >= 0.3 is 0 Å². The van der Waals surface area contributed by atoms with Gasteiger partial charge in [-0.05, 0) is 35.4 Å². The molecular weight excluding hydrogens is 309 g/mol. The van der Waals surface area contributed by atoms with E-state index >= 15 is 0 Å². The van der Waals surface area contributed by atoms with Crippen molar-refractivity contribution in [3.8, 4) is 0 Å². The Morgan fingerprint density at radius 1 is 0.857 bits per heavy atom. The highest BCUT2D eigenvalue weighted by Gasteiger charge is 2.22. The highest BCUT2D eigenvalue weighted by atomic mass is 35.5. The molecule has 0 bridgehead atoms. The van der Waals surface area contributed by atoms with Crippen LogP contribution in [0, 0.1) is 0 Å².